The number of rotatable bonds is 2. The van der Waals surface area contributed by atoms with E-state index < -0.39 is 17.1 Å². The molecular weight excluding hydrogens is 350 g/mol. The summed E-state index contributed by atoms with van der Waals surface area (Å²) >= 11 is 3.37. The zero-order valence-corrected chi connectivity index (χ0v) is 12.7. The Morgan fingerprint density at radius 2 is 1.86 bits per heavy atom. The van der Waals surface area contributed by atoms with Crippen molar-refractivity contribution in [3.8, 4) is 17.0 Å². The number of pyridine rings is 1. The lowest BCUT2D eigenvalue weighted by molar-refractivity contribution is 0.0697. The number of carbonyl (C=O) groups is 1. The van der Waals surface area contributed by atoms with Gasteiger partial charge in [0.2, 0.25) is 5.43 Å². The fourth-order valence-electron chi connectivity index (χ4n) is 2.27. The lowest BCUT2D eigenvalue weighted by atomic mass is 10.1. The molecule has 0 fully saturated rings. The molecule has 0 atom stereocenters. The molecule has 1 heterocycles. The second-order valence-corrected chi connectivity index (χ2v) is 5.58. The number of aromatic amines is 1. The Morgan fingerprint density at radius 3 is 2.55 bits per heavy atom. The molecule has 2 aromatic carbocycles. The van der Waals surface area contributed by atoms with Gasteiger partial charge in [0, 0.05) is 15.4 Å². The first-order valence-electron chi connectivity index (χ1n) is 6.36. The molecule has 0 unspecified atom stereocenters. The van der Waals surface area contributed by atoms with Crippen LogP contribution in [0, 0.1) is 0 Å². The average Bonchev–Trinajstić information content (AvgIpc) is 2.51. The molecule has 0 aliphatic carbocycles. The minimum Gasteiger partial charge on any atom is -0.503 e. The number of fused-ring (bicyclic) bond motifs is 1. The third kappa shape index (κ3) is 2.27. The second-order valence-electron chi connectivity index (χ2n) is 4.72. The predicted octanol–water partition coefficient (Wildman–Crippen LogP) is 3.36. The molecule has 3 N–H and O–H groups in total. The number of aromatic nitrogens is 1. The molecule has 3 aromatic rings. The van der Waals surface area contributed by atoms with Crippen LogP contribution in [-0.4, -0.2) is 21.2 Å². The van der Waals surface area contributed by atoms with E-state index in [4.69, 9.17) is 5.11 Å². The van der Waals surface area contributed by atoms with Crippen molar-refractivity contribution in [2.75, 3.05) is 0 Å². The number of H-pyrrole nitrogens is 1. The fraction of sp³-hybridized carbons (Fsp3) is 0. The van der Waals surface area contributed by atoms with Gasteiger partial charge in [-0.15, -0.1) is 0 Å². The predicted molar refractivity (Wildman–Crippen MR) is 86.3 cm³/mol. The number of nitrogens with one attached hydrogen (secondary N) is 1. The maximum atomic E-state index is 12.3. The normalized spacial score (nSPS) is 10.8. The molecule has 0 bridgehead atoms. The van der Waals surface area contributed by atoms with E-state index >= 15 is 0 Å². The minimum atomic E-state index is -1.08. The van der Waals surface area contributed by atoms with E-state index in [0.717, 1.165) is 0 Å². The van der Waals surface area contributed by atoms with Crippen molar-refractivity contribution >= 4 is 32.8 Å². The molecule has 6 heteroatoms. The third-order valence-corrected chi connectivity index (χ3v) is 4.06. The largest absolute Gasteiger partial charge is 0.503 e. The van der Waals surface area contributed by atoms with Crippen LogP contribution in [0.2, 0.25) is 0 Å². The topological polar surface area (TPSA) is 90.4 Å². The van der Waals surface area contributed by atoms with E-state index in [2.05, 4.69) is 20.9 Å². The van der Waals surface area contributed by atoms with Crippen molar-refractivity contribution in [1.29, 1.82) is 0 Å². The van der Waals surface area contributed by atoms with Gasteiger partial charge in [0.1, 0.15) is 0 Å². The van der Waals surface area contributed by atoms with Crippen molar-refractivity contribution in [3.63, 3.8) is 0 Å². The molecule has 110 valence electrons. The zero-order valence-electron chi connectivity index (χ0n) is 11.1. The molecule has 0 amide bonds. The van der Waals surface area contributed by atoms with Gasteiger partial charge >= 0.3 is 5.97 Å². The van der Waals surface area contributed by atoms with Crippen molar-refractivity contribution in [3.05, 3.63) is 62.7 Å². The van der Waals surface area contributed by atoms with Gasteiger partial charge in [0.25, 0.3) is 0 Å². The van der Waals surface area contributed by atoms with Crippen LogP contribution in [0.15, 0.2) is 51.7 Å². The Hall–Kier alpha value is -2.60. The third-order valence-electron chi connectivity index (χ3n) is 3.37. The Labute approximate surface area is 133 Å². The second kappa shape index (κ2) is 5.31. The van der Waals surface area contributed by atoms with Crippen molar-refractivity contribution in [1.82, 2.24) is 4.98 Å². The molecule has 3 rings (SSSR count). The number of carboxylic acid groups (broad SMARTS) is 1. The quantitative estimate of drug-likeness (QED) is 0.654. The van der Waals surface area contributed by atoms with Crippen LogP contribution in [0.4, 0.5) is 0 Å². The number of hydrogen-bond donors (Lipinski definition) is 3. The number of hydrogen-bond acceptors (Lipinski definition) is 3. The molecule has 1 aromatic heterocycles. The molecule has 5 nitrogen and oxygen atoms in total. The summed E-state index contributed by atoms with van der Waals surface area (Å²) in [5.74, 6) is -1.49. The summed E-state index contributed by atoms with van der Waals surface area (Å²) in [6.07, 6.45) is 0. The molecule has 0 saturated carbocycles. The van der Waals surface area contributed by atoms with Gasteiger partial charge in [0.15, 0.2) is 5.75 Å². The first-order valence-corrected chi connectivity index (χ1v) is 7.15. The fourth-order valence-corrected chi connectivity index (χ4v) is 2.76. The van der Waals surface area contributed by atoms with E-state index in [1.54, 1.807) is 18.2 Å². The van der Waals surface area contributed by atoms with Gasteiger partial charge in [-0.05, 0) is 24.3 Å². The van der Waals surface area contributed by atoms with Crippen LogP contribution >= 0.6 is 15.9 Å². The molecule has 0 aliphatic heterocycles. The van der Waals surface area contributed by atoms with E-state index in [-0.39, 0.29) is 16.6 Å². The minimum absolute atomic E-state index is 0.0620. The van der Waals surface area contributed by atoms with E-state index in [9.17, 15) is 14.7 Å². The van der Waals surface area contributed by atoms with Crippen LogP contribution in [-0.2, 0) is 0 Å². The zero-order chi connectivity index (χ0) is 15.9. The van der Waals surface area contributed by atoms with Crippen LogP contribution in [0.1, 0.15) is 10.4 Å². The molecule has 22 heavy (non-hydrogen) atoms. The summed E-state index contributed by atoms with van der Waals surface area (Å²) in [4.78, 5) is 26.3. The summed E-state index contributed by atoms with van der Waals surface area (Å²) in [6.45, 7) is 0. The molecule has 0 aliphatic rings. The SMILES string of the molecule is O=C(O)c1ccc2c(=O)c(O)c(-c3ccccc3Br)[nH]c2c1. The first-order chi connectivity index (χ1) is 10.5. The standard InChI is InChI=1S/C16H10BrNO4/c17-11-4-2-1-3-9(11)13-15(20)14(19)10-6-5-8(16(21)22)7-12(10)18-13/h1-7,20H,(H,18,19)(H,21,22). The Kier molecular flexibility index (Phi) is 3.46. The molecule has 0 saturated heterocycles. The van der Waals surface area contributed by atoms with Gasteiger partial charge < -0.3 is 15.2 Å². The summed E-state index contributed by atoms with van der Waals surface area (Å²) in [7, 11) is 0. The molecule has 0 spiro atoms. The Bertz CT molecular complexity index is 962. The van der Waals surface area contributed by atoms with Gasteiger partial charge in [-0.2, -0.15) is 0 Å². The van der Waals surface area contributed by atoms with E-state index in [1.807, 2.05) is 6.07 Å². The highest BCUT2D eigenvalue weighted by atomic mass is 79.9. The lowest BCUT2D eigenvalue weighted by Gasteiger charge is -2.09. The van der Waals surface area contributed by atoms with Crippen LogP contribution in [0.3, 0.4) is 0 Å². The van der Waals surface area contributed by atoms with Crippen molar-refractivity contribution < 1.29 is 15.0 Å². The highest BCUT2D eigenvalue weighted by Gasteiger charge is 2.15. The molecule has 0 radical (unpaired) electrons. The highest BCUT2D eigenvalue weighted by Crippen LogP contribution is 2.32. The lowest BCUT2D eigenvalue weighted by Crippen LogP contribution is -2.06. The summed E-state index contributed by atoms with van der Waals surface area (Å²) in [6, 6.07) is 11.2. The summed E-state index contributed by atoms with van der Waals surface area (Å²) in [5, 5.41) is 19.5. The number of aromatic carboxylic acids is 1. The number of carboxylic acids is 1. The summed E-state index contributed by atoms with van der Waals surface area (Å²) in [5.41, 5.74) is 0.726. The summed E-state index contributed by atoms with van der Waals surface area (Å²) < 4.78 is 0.703. The van der Waals surface area contributed by atoms with E-state index in [1.165, 1.54) is 18.2 Å². The molecular formula is C16H10BrNO4. The van der Waals surface area contributed by atoms with Gasteiger partial charge in [0.05, 0.1) is 16.8 Å². The van der Waals surface area contributed by atoms with Crippen LogP contribution < -0.4 is 5.43 Å². The van der Waals surface area contributed by atoms with Crippen molar-refractivity contribution in [2.24, 2.45) is 0 Å². The monoisotopic (exact) mass is 359 g/mol. The average molecular weight is 360 g/mol. The maximum absolute atomic E-state index is 12.3. The van der Waals surface area contributed by atoms with Gasteiger partial charge in [-0.3, -0.25) is 4.79 Å². The Morgan fingerprint density at radius 1 is 1.14 bits per heavy atom. The van der Waals surface area contributed by atoms with Gasteiger partial charge in [-0.25, -0.2) is 4.79 Å². The smallest absolute Gasteiger partial charge is 0.335 e. The van der Waals surface area contributed by atoms with Gasteiger partial charge in [-0.1, -0.05) is 34.1 Å². The van der Waals surface area contributed by atoms with Crippen molar-refractivity contribution in [2.45, 2.75) is 0 Å². The first kappa shape index (κ1) is 14.3. The Balaban J connectivity index is 2.37. The van der Waals surface area contributed by atoms with E-state index in [0.29, 0.717) is 15.6 Å². The van der Waals surface area contributed by atoms with Crippen LogP contribution in [0.25, 0.3) is 22.2 Å². The number of benzene rings is 2. The number of halogens is 1. The maximum Gasteiger partial charge on any atom is 0.335 e. The number of aromatic hydroxyl groups is 1. The highest BCUT2D eigenvalue weighted by molar-refractivity contribution is 9.10. The van der Waals surface area contributed by atoms with Crippen LogP contribution in [0.5, 0.6) is 5.75 Å².